The average Bonchev–Trinajstić information content (AvgIpc) is 2.73. The third-order valence-corrected chi connectivity index (χ3v) is 4.80. The van der Waals surface area contributed by atoms with Crippen LogP contribution in [0.2, 0.25) is 0 Å². The van der Waals surface area contributed by atoms with Crippen LogP contribution in [0.5, 0.6) is 0 Å². The van der Waals surface area contributed by atoms with Crippen LogP contribution < -0.4 is 0 Å². The Morgan fingerprint density at radius 2 is 1.94 bits per heavy atom. The molecule has 0 heterocycles. The number of halogens is 1. The van der Waals surface area contributed by atoms with Crippen LogP contribution >= 0.6 is 15.9 Å². The molecular weight excluding hydrogens is 284 g/mol. The van der Waals surface area contributed by atoms with Crippen molar-refractivity contribution in [3.8, 4) is 0 Å². The fourth-order valence-electron chi connectivity index (χ4n) is 3.08. The van der Waals surface area contributed by atoms with E-state index in [2.05, 4.69) is 84.4 Å². The maximum atomic E-state index is 3.71. The monoisotopic (exact) mass is 300 g/mol. The molecule has 0 nitrogen and oxygen atoms in total. The highest BCUT2D eigenvalue weighted by atomic mass is 79.9. The van der Waals surface area contributed by atoms with Gasteiger partial charge in [0.15, 0.2) is 0 Å². The molecule has 0 radical (unpaired) electrons. The predicted molar refractivity (Wildman–Crippen MR) is 81.5 cm³/mol. The largest absolute Gasteiger partial charge is 0.0797 e. The average molecular weight is 301 g/mol. The molecule has 0 saturated heterocycles. The Bertz CT molecular complexity index is 561. The molecule has 0 aromatic heterocycles. The van der Waals surface area contributed by atoms with Gasteiger partial charge in [-0.2, -0.15) is 0 Å². The third kappa shape index (κ3) is 1.81. The van der Waals surface area contributed by atoms with Gasteiger partial charge in [0.1, 0.15) is 0 Å². The summed E-state index contributed by atoms with van der Waals surface area (Å²) in [5.41, 5.74) is 3.00. The van der Waals surface area contributed by atoms with Crippen molar-refractivity contribution < 1.29 is 0 Å². The summed E-state index contributed by atoms with van der Waals surface area (Å²) >= 11 is 3.71. The van der Waals surface area contributed by atoms with Crippen molar-refractivity contribution in [3.63, 3.8) is 0 Å². The molecule has 0 bridgehead atoms. The first kappa shape index (κ1) is 12.0. The molecule has 1 aromatic rings. The van der Waals surface area contributed by atoms with Gasteiger partial charge in [-0.05, 0) is 28.5 Å². The summed E-state index contributed by atoms with van der Waals surface area (Å²) in [4.78, 5) is 0. The standard InChI is InChI=1S/C17H17Br/c1-17(2)11-4-3-7-14(17)13-10-9-12-6-5-8-15(18)16(12)13/h3-11,13-14H,1-2H3. The molecule has 0 fully saturated rings. The van der Waals surface area contributed by atoms with E-state index < -0.39 is 0 Å². The zero-order chi connectivity index (χ0) is 12.8. The van der Waals surface area contributed by atoms with Crippen molar-refractivity contribution in [2.45, 2.75) is 19.8 Å². The van der Waals surface area contributed by atoms with E-state index in [1.54, 1.807) is 0 Å². The highest BCUT2D eigenvalue weighted by molar-refractivity contribution is 9.10. The molecular formula is C17H17Br. The van der Waals surface area contributed by atoms with E-state index in [1.807, 2.05) is 0 Å². The predicted octanol–water partition coefficient (Wildman–Crippen LogP) is 5.33. The maximum absolute atomic E-state index is 3.71. The fourth-order valence-corrected chi connectivity index (χ4v) is 3.73. The summed E-state index contributed by atoms with van der Waals surface area (Å²) in [6.45, 7) is 4.64. The van der Waals surface area contributed by atoms with Crippen LogP contribution in [0.15, 0.2) is 53.1 Å². The molecule has 0 amide bonds. The van der Waals surface area contributed by atoms with E-state index in [0.29, 0.717) is 11.8 Å². The molecule has 2 atom stereocenters. The Hall–Kier alpha value is -1.08. The van der Waals surface area contributed by atoms with Gasteiger partial charge in [0.25, 0.3) is 0 Å². The molecule has 0 N–H and O–H groups in total. The van der Waals surface area contributed by atoms with Crippen LogP contribution in [-0.4, -0.2) is 0 Å². The highest BCUT2D eigenvalue weighted by Gasteiger charge is 2.35. The lowest BCUT2D eigenvalue weighted by Gasteiger charge is -2.36. The summed E-state index contributed by atoms with van der Waals surface area (Å²) in [5.74, 6) is 1.01. The second kappa shape index (κ2) is 4.24. The molecule has 2 unspecified atom stereocenters. The lowest BCUT2D eigenvalue weighted by Crippen LogP contribution is -2.26. The molecule has 18 heavy (non-hydrogen) atoms. The summed E-state index contributed by atoms with van der Waals surface area (Å²) in [6, 6.07) is 6.46. The normalized spacial score (nSPS) is 27.5. The van der Waals surface area contributed by atoms with Crippen molar-refractivity contribution >= 4 is 22.0 Å². The van der Waals surface area contributed by atoms with Crippen molar-refractivity contribution in [2.24, 2.45) is 11.3 Å². The molecule has 1 heteroatoms. The molecule has 0 saturated carbocycles. The zero-order valence-corrected chi connectivity index (χ0v) is 12.3. The van der Waals surface area contributed by atoms with Crippen LogP contribution in [0.3, 0.4) is 0 Å². The van der Waals surface area contributed by atoms with E-state index in [9.17, 15) is 0 Å². The minimum Gasteiger partial charge on any atom is -0.0797 e. The lowest BCUT2D eigenvalue weighted by molar-refractivity contribution is 0.315. The third-order valence-electron chi connectivity index (χ3n) is 4.10. The summed E-state index contributed by atoms with van der Waals surface area (Å²) in [5, 5.41) is 0. The number of fused-ring (bicyclic) bond motifs is 1. The number of hydrogen-bond acceptors (Lipinski definition) is 0. The topological polar surface area (TPSA) is 0 Å². The lowest BCUT2D eigenvalue weighted by atomic mass is 9.68. The van der Waals surface area contributed by atoms with Crippen LogP contribution in [0, 0.1) is 11.3 Å². The quantitative estimate of drug-likeness (QED) is 0.658. The smallest absolute Gasteiger partial charge is 0.0219 e. The van der Waals surface area contributed by atoms with Gasteiger partial charge in [0.05, 0.1) is 0 Å². The summed E-state index contributed by atoms with van der Waals surface area (Å²) in [7, 11) is 0. The van der Waals surface area contributed by atoms with Crippen molar-refractivity contribution in [3.05, 3.63) is 64.2 Å². The van der Waals surface area contributed by atoms with E-state index in [4.69, 9.17) is 0 Å². The van der Waals surface area contributed by atoms with Crippen LogP contribution in [0.4, 0.5) is 0 Å². The summed E-state index contributed by atoms with van der Waals surface area (Å²) < 4.78 is 1.23. The Kier molecular flexibility index (Phi) is 2.82. The number of allylic oxidation sites excluding steroid dienone is 5. The molecule has 92 valence electrons. The number of hydrogen-bond donors (Lipinski definition) is 0. The first-order valence-electron chi connectivity index (χ1n) is 6.42. The first-order valence-corrected chi connectivity index (χ1v) is 7.21. The van der Waals surface area contributed by atoms with Gasteiger partial charge in [-0.3, -0.25) is 0 Å². The number of benzene rings is 1. The van der Waals surface area contributed by atoms with Crippen molar-refractivity contribution in [2.75, 3.05) is 0 Å². The van der Waals surface area contributed by atoms with Crippen molar-refractivity contribution in [1.29, 1.82) is 0 Å². The Labute approximate surface area is 117 Å². The minimum atomic E-state index is 0.209. The molecule has 1 aromatic carbocycles. The minimum absolute atomic E-state index is 0.209. The zero-order valence-electron chi connectivity index (χ0n) is 10.7. The van der Waals surface area contributed by atoms with E-state index in [0.717, 1.165) is 0 Å². The van der Waals surface area contributed by atoms with Gasteiger partial charge in [-0.25, -0.2) is 0 Å². The van der Waals surface area contributed by atoms with E-state index in [-0.39, 0.29) is 5.41 Å². The van der Waals surface area contributed by atoms with Crippen LogP contribution in [0.25, 0.3) is 6.08 Å². The SMILES string of the molecule is CC1(C)C=CC=CC1C1C=Cc2cccc(Br)c21. The maximum Gasteiger partial charge on any atom is 0.0219 e. The van der Waals surface area contributed by atoms with Crippen LogP contribution in [-0.2, 0) is 0 Å². The van der Waals surface area contributed by atoms with E-state index >= 15 is 0 Å². The first-order chi connectivity index (χ1) is 8.59. The van der Waals surface area contributed by atoms with Gasteiger partial charge >= 0.3 is 0 Å². The van der Waals surface area contributed by atoms with Crippen LogP contribution in [0.1, 0.15) is 30.9 Å². The van der Waals surface area contributed by atoms with E-state index in [1.165, 1.54) is 15.6 Å². The second-order valence-corrected chi connectivity index (χ2v) is 6.57. The molecule has 3 rings (SSSR count). The molecule has 0 aliphatic heterocycles. The number of rotatable bonds is 1. The molecule has 2 aliphatic rings. The molecule has 0 spiro atoms. The fraction of sp³-hybridized carbons (Fsp3) is 0.294. The van der Waals surface area contributed by atoms with Gasteiger partial charge in [-0.1, -0.05) is 78.4 Å². The summed E-state index contributed by atoms with van der Waals surface area (Å²) in [6.07, 6.45) is 13.6. The Balaban J connectivity index is 2.05. The molecule has 2 aliphatic carbocycles. The Morgan fingerprint density at radius 3 is 2.72 bits per heavy atom. The highest BCUT2D eigenvalue weighted by Crippen LogP contribution is 2.48. The van der Waals surface area contributed by atoms with Gasteiger partial charge < -0.3 is 0 Å². The second-order valence-electron chi connectivity index (χ2n) is 5.72. The van der Waals surface area contributed by atoms with Gasteiger partial charge in [0, 0.05) is 10.4 Å². The van der Waals surface area contributed by atoms with Gasteiger partial charge in [0.2, 0.25) is 0 Å². The van der Waals surface area contributed by atoms with Crippen molar-refractivity contribution in [1.82, 2.24) is 0 Å². The Morgan fingerprint density at radius 1 is 1.11 bits per heavy atom. The van der Waals surface area contributed by atoms with Gasteiger partial charge in [-0.15, -0.1) is 0 Å².